The Morgan fingerprint density at radius 1 is 1.25 bits per heavy atom. The number of carbonyl (C=O) groups excluding carboxylic acids is 1. The van der Waals surface area contributed by atoms with Crippen molar-refractivity contribution in [1.29, 1.82) is 0 Å². The van der Waals surface area contributed by atoms with Crippen LogP contribution in [0.4, 0.5) is 0 Å². The van der Waals surface area contributed by atoms with Gasteiger partial charge in [-0.3, -0.25) is 18.6 Å². The number of fused-ring (bicyclic) bond motifs is 3. The van der Waals surface area contributed by atoms with Gasteiger partial charge in [-0.2, -0.15) is 0 Å². The van der Waals surface area contributed by atoms with Gasteiger partial charge < -0.3 is 0 Å². The van der Waals surface area contributed by atoms with Crippen LogP contribution in [0, 0.1) is 0 Å². The van der Waals surface area contributed by atoms with Gasteiger partial charge in [0.15, 0.2) is 5.16 Å². The molecule has 2 aromatic heterocycles. The number of para-hydroxylation sites is 1. The summed E-state index contributed by atoms with van der Waals surface area (Å²) in [6.45, 7) is 4.30. The topological polar surface area (TPSA) is 69.3 Å². The molecule has 7 heteroatoms. The average molecular weight is 344 g/mol. The molecule has 0 aliphatic heterocycles. The number of nitrogens with zero attached hydrogens (tertiary/aromatic N) is 4. The van der Waals surface area contributed by atoms with E-state index < -0.39 is 0 Å². The van der Waals surface area contributed by atoms with Gasteiger partial charge in [-0.05, 0) is 25.5 Å². The van der Waals surface area contributed by atoms with Crippen LogP contribution < -0.4 is 5.56 Å². The lowest BCUT2D eigenvalue weighted by Gasteiger charge is -2.10. The summed E-state index contributed by atoms with van der Waals surface area (Å²) < 4.78 is 3.63. The minimum atomic E-state index is -0.0285. The SMILES string of the molecule is CCCCn1c(=O)c2ccccc2n2c(SCCC(C)=O)nnc12. The Bertz CT molecular complexity index is 945. The maximum atomic E-state index is 12.8. The molecule has 0 bridgehead atoms. The molecule has 0 saturated carbocycles. The first-order chi connectivity index (χ1) is 11.6. The van der Waals surface area contributed by atoms with E-state index in [0.29, 0.717) is 35.0 Å². The predicted octanol–water partition coefficient (Wildman–Crippen LogP) is 2.92. The minimum Gasteiger partial charge on any atom is -0.300 e. The second kappa shape index (κ2) is 7.17. The highest BCUT2D eigenvalue weighted by Gasteiger charge is 2.16. The van der Waals surface area contributed by atoms with Gasteiger partial charge in [0.05, 0.1) is 10.9 Å². The molecule has 0 unspecified atom stereocenters. The molecule has 0 atom stereocenters. The van der Waals surface area contributed by atoms with Crippen molar-refractivity contribution in [3.63, 3.8) is 0 Å². The van der Waals surface area contributed by atoms with Crippen LogP contribution in [0.2, 0.25) is 0 Å². The molecule has 2 heterocycles. The van der Waals surface area contributed by atoms with Gasteiger partial charge in [0.1, 0.15) is 5.78 Å². The molecule has 0 fully saturated rings. The number of carbonyl (C=O) groups is 1. The molecule has 126 valence electrons. The number of rotatable bonds is 7. The second-order valence-corrected chi connectivity index (χ2v) is 6.81. The molecule has 3 rings (SSSR count). The highest BCUT2D eigenvalue weighted by molar-refractivity contribution is 7.99. The van der Waals surface area contributed by atoms with Crippen LogP contribution >= 0.6 is 11.8 Å². The van der Waals surface area contributed by atoms with E-state index in [0.717, 1.165) is 18.4 Å². The number of aromatic nitrogens is 4. The minimum absolute atomic E-state index is 0.0285. The van der Waals surface area contributed by atoms with Crippen LogP contribution in [0.25, 0.3) is 16.7 Å². The molecule has 24 heavy (non-hydrogen) atoms. The van der Waals surface area contributed by atoms with Gasteiger partial charge >= 0.3 is 0 Å². The molecule has 0 spiro atoms. The van der Waals surface area contributed by atoms with Crippen molar-refractivity contribution < 1.29 is 4.79 Å². The highest BCUT2D eigenvalue weighted by atomic mass is 32.2. The molecule has 6 nitrogen and oxygen atoms in total. The number of hydrogen-bond donors (Lipinski definition) is 0. The summed E-state index contributed by atoms with van der Waals surface area (Å²) in [5, 5.41) is 9.88. The largest absolute Gasteiger partial charge is 0.300 e. The number of benzene rings is 1. The molecule has 1 aromatic carbocycles. The number of Topliss-reactive ketones (excluding diaryl/α,β-unsaturated/α-hetero) is 1. The third-order valence-corrected chi connectivity index (χ3v) is 4.83. The van der Waals surface area contributed by atoms with Crippen molar-refractivity contribution in [3.8, 4) is 0 Å². The van der Waals surface area contributed by atoms with E-state index in [2.05, 4.69) is 17.1 Å². The number of hydrogen-bond acceptors (Lipinski definition) is 5. The number of unbranched alkanes of at least 4 members (excludes halogenated alkanes) is 1. The zero-order valence-corrected chi connectivity index (χ0v) is 14.7. The average Bonchev–Trinajstić information content (AvgIpc) is 2.98. The van der Waals surface area contributed by atoms with Crippen LogP contribution in [0.15, 0.2) is 34.2 Å². The molecule has 3 aromatic rings. The maximum Gasteiger partial charge on any atom is 0.262 e. The predicted molar refractivity (Wildman–Crippen MR) is 95.7 cm³/mol. The van der Waals surface area contributed by atoms with E-state index in [1.54, 1.807) is 11.5 Å². The summed E-state index contributed by atoms with van der Waals surface area (Å²) in [5.41, 5.74) is 0.778. The van der Waals surface area contributed by atoms with Crippen LogP contribution in [0.3, 0.4) is 0 Å². The molecule has 0 N–H and O–H groups in total. The molecule has 0 aliphatic rings. The van der Waals surface area contributed by atoms with Crippen LogP contribution in [-0.2, 0) is 11.3 Å². The molecular formula is C17H20N4O2S. The second-order valence-electron chi connectivity index (χ2n) is 5.75. The van der Waals surface area contributed by atoms with E-state index in [1.165, 1.54) is 11.8 Å². The Morgan fingerprint density at radius 2 is 2.04 bits per heavy atom. The fraction of sp³-hybridized carbons (Fsp3) is 0.412. The van der Waals surface area contributed by atoms with Crippen molar-refractivity contribution in [2.24, 2.45) is 0 Å². The van der Waals surface area contributed by atoms with Crippen LogP contribution in [0.1, 0.15) is 33.1 Å². The Hall–Kier alpha value is -2.15. The number of thioether (sulfide) groups is 1. The van der Waals surface area contributed by atoms with E-state index in [4.69, 9.17) is 0 Å². The van der Waals surface area contributed by atoms with Crippen molar-refractivity contribution in [3.05, 3.63) is 34.6 Å². The summed E-state index contributed by atoms with van der Waals surface area (Å²) in [6.07, 6.45) is 2.40. The first-order valence-electron chi connectivity index (χ1n) is 8.12. The van der Waals surface area contributed by atoms with Gasteiger partial charge in [0, 0.05) is 18.7 Å². The fourth-order valence-corrected chi connectivity index (χ4v) is 3.61. The normalized spacial score (nSPS) is 11.4. The summed E-state index contributed by atoms with van der Waals surface area (Å²) >= 11 is 1.49. The quantitative estimate of drug-likeness (QED) is 0.616. The lowest BCUT2D eigenvalue weighted by atomic mass is 10.2. The van der Waals surface area contributed by atoms with E-state index in [1.807, 2.05) is 28.7 Å². The van der Waals surface area contributed by atoms with Crippen molar-refractivity contribution in [2.45, 2.75) is 44.8 Å². The Kier molecular flexibility index (Phi) is 4.99. The van der Waals surface area contributed by atoms with Crippen molar-refractivity contribution in [2.75, 3.05) is 5.75 Å². The Labute approximate surface area is 143 Å². The molecule has 0 aliphatic carbocycles. The Morgan fingerprint density at radius 3 is 2.79 bits per heavy atom. The summed E-state index contributed by atoms with van der Waals surface area (Å²) in [4.78, 5) is 24.0. The van der Waals surface area contributed by atoms with Crippen molar-refractivity contribution >= 4 is 34.2 Å². The lowest BCUT2D eigenvalue weighted by Crippen LogP contribution is -2.23. The van der Waals surface area contributed by atoms with Gasteiger partial charge in [-0.25, -0.2) is 0 Å². The number of aryl methyl sites for hydroxylation is 1. The zero-order valence-electron chi connectivity index (χ0n) is 13.9. The molecule has 0 radical (unpaired) electrons. The first kappa shape index (κ1) is 16.7. The molecular weight excluding hydrogens is 324 g/mol. The van der Waals surface area contributed by atoms with Crippen LogP contribution in [-0.4, -0.2) is 30.7 Å². The monoisotopic (exact) mass is 344 g/mol. The molecule has 0 amide bonds. The first-order valence-corrected chi connectivity index (χ1v) is 9.11. The third-order valence-electron chi connectivity index (χ3n) is 3.90. The maximum absolute atomic E-state index is 12.8. The van der Waals surface area contributed by atoms with Gasteiger partial charge in [0.2, 0.25) is 5.78 Å². The van der Waals surface area contributed by atoms with E-state index >= 15 is 0 Å². The molecule has 0 saturated heterocycles. The highest BCUT2D eigenvalue weighted by Crippen LogP contribution is 2.22. The van der Waals surface area contributed by atoms with E-state index in [9.17, 15) is 9.59 Å². The third kappa shape index (κ3) is 3.08. The van der Waals surface area contributed by atoms with Crippen LogP contribution in [0.5, 0.6) is 0 Å². The number of ketones is 1. The fourth-order valence-electron chi connectivity index (χ4n) is 2.63. The summed E-state index contributed by atoms with van der Waals surface area (Å²) in [7, 11) is 0. The zero-order chi connectivity index (χ0) is 17.1. The Balaban J connectivity index is 2.17. The smallest absolute Gasteiger partial charge is 0.262 e. The van der Waals surface area contributed by atoms with Crippen molar-refractivity contribution in [1.82, 2.24) is 19.2 Å². The lowest BCUT2D eigenvalue weighted by molar-refractivity contribution is -0.116. The van der Waals surface area contributed by atoms with Gasteiger partial charge in [-0.1, -0.05) is 37.2 Å². The van der Waals surface area contributed by atoms with E-state index in [-0.39, 0.29) is 11.3 Å². The van der Waals surface area contributed by atoms with Gasteiger partial charge in [-0.15, -0.1) is 10.2 Å². The summed E-state index contributed by atoms with van der Waals surface area (Å²) in [6, 6.07) is 7.52. The van der Waals surface area contributed by atoms with Gasteiger partial charge in [0.25, 0.3) is 5.56 Å². The summed E-state index contributed by atoms with van der Waals surface area (Å²) in [5.74, 6) is 1.37. The standard InChI is InChI=1S/C17H20N4O2S/c1-3-4-10-20-15(23)13-7-5-6-8-14(13)21-16(20)18-19-17(21)24-11-9-12(2)22/h5-8H,3-4,9-11H2,1-2H3.